The van der Waals surface area contributed by atoms with E-state index in [0.717, 1.165) is 42.9 Å². The lowest BCUT2D eigenvalue weighted by molar-refractivity contribution is 0.0940. The number of allylic oxidation sites excluding steroid dienone is 1. The molecule has 1 atom stereocenters. The number of nitrogens with one attached hydrogen (secondary N) is 2. The predicted molar refractivity (Wildman–Crippen MR) is 135 cm³/mol. The van der Waals surface area contributed by atoms with Gasteiger partial charge in [0.25, 0.3) is 5.91 Å². The third kappa shape index (κ3) is 5.33. The number of fused-ring (bicyclic) bond motifs is 1. The molecule has 2 N–H and O–H groups in total. The number of carbonyl (C=O) groups excluding carboxylic acids is 2. The number of ether oxygens (including phenoxy) is 1. The van der Waals surface area contributed by atoms with Gasteiger partial charge >= 0.3 is 0 Å². The minimum atomic E-state index is -0.164. The third-order valence-corrected chi connectivity index (χ3v) is 6.82. The van der Waals surface area contributed by atoms with E-state index < -0.39 is 0 Å². The fourth-order valence-corrected chi connectivity index (χ4v) is 5.01. The van der Waals surface area contributed by atoms with Crippen LogP contribution in [0, 0.1) is 0 Å². The summed E-state index contributed by atoms with van der Waals surface area (Å²) in [5.41, 5.74) is 3.90. The van der Waals surface area contributed by atoms with E-state index in [9.17, 15) is 9.59 Å². The molecule has 180 valence electrons. The fraction of sp³-hybridized carbons (Fsp3) is 0.429. The van der Waals surface area contributed by atoms with E-state index in [2.05, 4.69) is 42.4 Å². The molecule has 0 radical (unpaired) electrons. The maximum Gasteiger partial charge on any atom is 0.251 e. The molecule has 1 saturated heterocycles. The van der Waals surface area contributed by atoms with Crippen molar-refractivity contribution in [3.8, 4) is 5.75 Å². The first-order valence-electron chi connectivity index (χ1n) is 12.1. The first-order valence-corrected chi connectivity index (χ1v) is 12.1. The molecular formula is C28H35N3O3. The Morgan fingerprint density at radius 1 is 1.18 bits per heavy atom. The smallest absolute Gasteiger partial charge is 0.251 e. The molecule has 0 saturated carbocycles. The van der Waals surface area contributed by atoms with Crippen molar-refractivity contribution in [2.24, 2.45) is 0 Å². The summed E-state index contributed by atoms with van der Waals surface area (Å²) in [6.07, 6.45) is 4.81. The summed E-state index contributed by atoms with van der Waals surface area (Å²) in [4.78, 5) is 28.1. The molecule has 4 rings (SSSR count). The summed E-state index contributed by atoms with van der Waals surface area (Å²) >= 11 is 0. The van der Waals surface area contributed by atoms with Crippen molar-refractivity contribution in [1.29, 1.82) is 0 Å². The molecule has 2 heterocycles. The SMILES string of the molecule is CCN1CCCC1CNC(=O)c1ccc(C(=O)C=C2NC(C)(C)Cc3ccc(OC)cc32)cc1. The molecule has 1 amide bonds. The number of ketones is 1. The van der Waals surface area contributed by atoms with Gasteiger partial charge in [0.15, 0.2) is 5.78 Å². The van der Waals surface area contributed by atoms with Crippen molar-refractivity contribution in [3.05, 3.63) is 70.8 Å². The first kappa shape index (κ1) is 24.0. The predicted octanol–water partition coefficient (Wildman–Crippen LogP) is 4.06. The number of carbonyl (C=O) groups is 2. The summed E-state index contributed by atoms with van der Waals surface area (Å²) in [5.74, 6) is 0.552. The number of likely N-dealkylation sites (tertiary alicyclic amines) is 1. The van der Waals surface area contributed by atoms with Crippen molar-refractivity contribution in [2.75, 3.05) is 26.7 Å². The third-order valence-electron chi connectivity index (χ3n) is 6.82. The summed E-state index contributed by atoms with van der Waals surface area (Å²) in [7, 11) is 1.64. The lowest BCUT2D eigenvalue weighted by Gasteiger charge is -2.35. The van der Waals surface area contributed by atoms with E-state index in [1.165, 1.54) is 12.0 Å². The van der Waals surface area contributed by atoms with Crippen molar-refractivity contribution >= 4 is 17.4 Å². The van der Waals surface area contributed by atoms with Crippen LogP contribution in [0.4, 0.5) is 0 Å². The van der Waals surface area contributed by atoms with Crippen LogP contribution in [0.1, 0.15) is 65.5 Å². The zero-order valence-electron chi connectivity index (χ0n) is 20.6. The van der Waals surface area contributed by atoms with E-state index in [0.29, 0.717) is 23.7 Å². The van der Waals surface area contributed by atoms with Crippen LogP contribution in [0.2, 0.25) is 0 Å². The molecule has 1 fully saturated rings. The maximum atomic E-state index is 13.1. The highest BCUT2D eigenvalue weighted by molar-refractivity contribution is 6.09. The Kier molecular flexibility index (Phi) is 7.08. The number of methoxy groups -OCH3 is 1. The largest absolute Gasteiger partial charge is 0.497 e. The Morgan fingerprint density at radius 2 is 1.91 bits per heavy atom. The first-order chi connectivity index (χ1) is 16.3. The van der Waals surface area contributed by atoms with Crippen molar-refractivity contribution < 1.29 is 14.3 Å². The minimum Gasteiger partial charge on any atom is -0.497 e. The normalized spacial score (nSPS) is 20.5. The van der Waals surface area contributed by atoms with Gasteiger partial charge in [0.1, 0.15) is 5.75 Å². The second-order valence-corrected chi connectivity index (χ2v) is 9.84. The van der Waals surface area contributed by atoms with E-state index in [4.69, 9.17) is 4.74 Å². The quantitative estimate of drug-likeness (QED) is 0.481. The molecule has 0 spiro atoms. The Labute approximate surface area is 202 Å². The van der Waals surface area contributed by atoms with Gasteiger partial charge in [-0.3, -0.25) is 14.5 Å². The number of likely N-dealkylation sites (N-methyl/N-ethyl adjacent to an activating group) is 1. The van der Waals surface area contributed by atoms with Crippen LogP contribution >= 0.6 is 0 Å². The molecule has 0 bridgehead atoms. The summed E-state index contributed by atoms with van der Waals surface area (Å²) in [5, 5.41) is 6.55. The Balaban J connectivity index is 1.47. The molecule has 1 unspecified atom stereocenters. The van der Waals surface area contributed by atoms with Crippen molar-refractivity contribution in [2.45, 2.75) is 51.6 Å². The Bertz CT molecular complexity index is 1090. The average molecular weight is 462 g/mol. The highest BCUT2D eigenvalue weighted by Crippen LogP contribution is 2.32. The van der Waals surface area contributed by atoms with Gasteiger partial charge < -0.3 is 15.4 Å². The van der Waals surface area contributed by atoms with Gasteiger partial charge in [0.2, 0.25) is 0 Å². The molecule has 0 aliphatic carbocycles. The molecular weight excluding hydrogens is 426 g/mol. The second kappa shape index (κ2) is 10.0. The van der Waals surface area contributed by atoms with Gasteiger partial charge in [-0.2, -0.15) is 0 Å². The van der Waals surface area contributed by atoms with Crippen LogP contribution in [0.25, 0.3) is 5.70 Å². The van der Waals surface area contributed by atoms with Gasteiger partial charge in [-0.25, -0.2) is 0 Å². The lowest BCUT2D eigenvalue weighted by Crippen LogP contribution is -2.43. The molecule has 2 aliphatic rings. The minimum absolute atomic E-state index is 0.1000. The zero-order valence-corrected chi connectivity index (χ0v) is 20.6. The maximum absolute atomic E-state index is 13.1. The Morgan fingerprint density at radius 3 is 2.62 bits per heavy atom. The summed E-state index contributed by atoms with van der Waals surface area (Å²) in [6, 6.07) is 13.3. The summed E-state index contributed by atoms with van der Waals surface area (Å²) < 4.78 is 5.39. The number of hydrogen-bond donors (Lipinski definition) is 2. The van der Waals surface area contributed by atoms with Crippen LogP contribution in [0.5, 0.6) is 5.75 Å². The van der Waals surface area contributed by atoms with Crippen molar-refractivity contribution in [3.63, 3.8) is 0 Å². The van der Waals surface area contributed by atoms with Crippen LogP contribution < -0.4 is 15.4 Å². The number of benzene rings is 2. The molecule has 2 aromatic rings. The van der Waals surface area contributed by atoms with Crippen LogP contribution in [-0.2, 0) is 6.42 Å². The topological polar surface area (TPSA) is 70.7 Å². The van der Waals surface area contributed by atoms with E-state index in [1.54, 1.807) is 37.5 Å². The molecule has 34 heavy (non-hydrogen) atoms. The lowest BCUT2D eigenvalue weighted by atomic mass is 9.85. The van der Waals surface area contributed by atoms with Crippen LogP contribution in [0.3, 0.4) is 0 Å². The number of rotatable bonds is 7. The molecule has 2 aromatic carbocycles. The Hall–Kier alpha value is -3.12. The van der Waals surface area contributed by atoms with Gasteiger partial charge in [-0.05, 0) is 76.0 Å². The number of nitrogens with zero attached hydrogens (tertiary/aromatic N) is 1. The van der Waals surface area contributed by atoms with Gasteiger partial charge in [0, 0.05) is 46.6 Å². The number of amides is 1. The fourth-order valence-electron chi connectivity index (χ4n) is 5.01. The second-order valence-electron chi connectivity index (χ2n) is 9.84. The average Bonchev–Trinajstić information content (AvgIpc) is 3.29. The highest BCUT2D eigenvalue weighted by atomic mass is 16.5. The number of hydrogen-bond acceptors (Lipinski definition) is 5. The molecule has 6 heteroatoms. The van der Waals surface area contributed by atoms with Gasteiger partial charge in [-0.15, -0.1) is 0 Å². The molecule has 0 aromatic heterocycles. The molecule has 2 aliphatic heterocycles. The van der Waals surface area contributed by atoms with Crippen LogP contribution in [-0.4, -0.2) is 54.9 Å². The van der Waals surface area contributed by atoms with Crippen molar-refractivity contribution in [1.82, 2.24) is 15.5 Å². The highest BCUT2D eigenvalue weighted by Gasteiger charge is 2.28. The van der Waals surface area contributed by atoms with Gasteiger partial charge in [-0.1, -0.05) is 25.1 Å². The monoisotopic (exact) mass is 461 g/mol. The van der Waals surface area contributed by atoms with Gasteiger partial charge in [0.05, 0.1) is 7.11 Å². The van der Waals surface area contributed by atoms with E-state index in [1.807, 2.05) is 12.1 Å². The summed E-state index contributed by atoms with van der Waals surface area (Å²) in [6.45, 7) is 9.17. The zero-order chi connectivity index (χ0) is 24.3. The molecule has 6 nitrogen and oxygen atoms in total. The standard InChI is InChI=1S/C28H35N3O3/c1-5-31-14-6-7-22(31)18-29-27(33)20-10-8-19(9-11-20)26(32)16-25-24-15-23(34-4)13-12-21(24)17-28(2,3)30-25/h8-13,15-16,22,30H,5-7,14,17-18H2,1-4H3,(H,29,33). The van der Waals surface area contributed by atoms with Crippen LogP contribution in [0.15, 0.2) is 48.5 Å². The van der Waals surface area contributed by atoms with E-state index in [-0.39, 0.29) is 17.2 Å². The van der Waals surface area contributed by atoms with E-state index >= 15 is 0 Å².